The lowest BCUT2D eigenvalue weighted by molar-refractivity contribution is -0.197. The summed E-state index contributed by atoms with van der Waals surface area (Å²) in [5.74, 6) is -0.814. The van der Waals surface area contributed by atoms with Gasteiger partial charge in [0.2, 0.25) is 5.91 Å². The van der Waals surface area contributed by atoms with Crippen molar-refractivity contribution in [1.29, 1.82) is 0 Å². The number of carbonyl (C=O) groups is 2. The summed E-state index contributed by atoms with van der Waals surface area (Å²) in [4.78, 5) is 25.0. The molecule has 1 aliphatic carbocycles. The van der Waals surface area contributed by atoms with Crippen molar-refractivity contribution >= 4 is 12.0 Å². The Kier molecular flexibility index (Phi) is 4.97. The molecule has 3 aliphatic rings. The summed E-state index contributed by atoms with van der Waals surface area (Å²) in [6.45, 7) is 1.63. The second-order valence-electron chi connectivity index (χ2n) is 8.05. The van der Waals surface area contributed by atoms with Crippen LogP contribution in [-0.4, -0.2) is 48.8 Å². The zero-order chi connectivity index (χ0) is 19.9. The molecule has 3 fully saturated rings. The number of carbonyl (C=O) groups excluding carboxylic acids is 2. The number of nitrogens with one attached hydrogen (secondary N) is 1. The number of amides is 2. The molecule has 8 heteroatoms. The number of halogens is 3. The monoisotopic (exact) mass is 396 g/mol. The first-order valence-electron chi connectivity index (χ1n) is 9.67. The minimum absolute atomic E-state index is 0.000185. The molecule has 1 atom stereocenters. The molecule has 2 amide bonds. The average Bonchev–Trinajstić information content (AvgIpc) is 2.96. The van der Waals surface area contributed by atoms with E-state index < -0.39 is 18.2 Å². The molecule has 1 aromatic rings. The first-order valence-corrected chi connectivity index (χ1v) is 9.67. The molecule has 1 saturated carbocycles. The summed E-state index contributed by atoms with van der Waals surface area (Å²) < 4.78 is 42.7. The minimum atomic E-state index is -4.07. The van der Waals surface area contributed by atoms with Crippen LogP contribution in [0.1, 0.15) is 48.6 Å². The predicted molar refractivity (Wildman–Crippen MR) is 94.8 cm³/mol. The highest BCUT2D eigenvalue weighted by Crippen LogP contribution is 2.49. The van der Waals surface area contributed by atoms with E-state index in [4.69, 9.17) is 4.74 Å². The first-order chi connectivity index (χ1) is 13.3. The minimum Gasteiger partial charge on any atom is -0.447 e. The summed E-state index contributed by atoms with van der Waals surface area (Å²) in [5, 5.41) is 2.66. The lowest BCUT2D eigenvalue weighted by atomic mass is 9.71. The van der Waals surface area contributed by atoms with Gasteiger partial charge in [-0.25, -0.2) is 4.79 Å². The van der Waals surface area contributed by atoms with Gasteiger partial charge in [-0.3, -0.25) is 4.79 Å². The average molecular weight is 396 g/mol. The normalized spacial score (nSPS) is 27.6. The summed E-state index contributed by atoms with van der Waals surface area (Å²) in [5.41, 5.74) is 2.09. The van der Waals surface area contributed by atoms with Crippen LogP contribution in [0.5, 0.6) is 0 Å². The smallest absolute Gasteiger partial charge is 0.407 e. The maximum absolute atomic E-state index is 12.6. The maximum Gasteiger partial charge on any atom is 0.407 e. The Morgan fingerprint density at radius 3 is 2.25 bits per heavy atom. The van der Waals surface area contributed by atoms with Gasteiger partial charge in [0.15, 0.2) is 0 Å². The molecule has 0 radical (unpaired) electrons. The fourth-order valence-electron chi connectivity index (χ4n) is 4.13. The summed E-state index contributed by atoms with van der Waals surface area (Å²) >= 11 is 0. The van der Waals surface area contributed by atoms with Crippen molar-refractivity contribution in [3.05, 3.63) is 35.4 Å². The zero-order valence-electron chi connectivity index (χ0n) is 15.4. The second-order valence-corrected chi connectivity index (χ2v) is 8.05. The van der Waals surface area contributed by atoms with Crippen molar-refractivity contribution in [2.75, 3.05) is 19.7 Å². The Hall–Kier alpha value is -2.25. The van der Waals surface area contributed by atoms with E-state index in [1.807, 2.05) is 24.3 Å². The highest BCUT2D eigenvalue weighted by Gasteiger charge is 2.48. The summed E-state index contributed by atoms with van der Waals surface area (Å²) in [7, 11) is 0. The molecule has 28 heavy (non-hydrogen) atoms. The van der Waals surface area contributed by atoms with Crippen LogP contribution in [0.25, 0.3) is 0 Å². The van der Waals surface area contributed by atoms with Crippen molar-refractivity contribution in [2.24, 2.45) is 5.92 Å². The van der Waals surface area contributed by atoms with Crippen LogP contribution in [0.4, 0.5) is 18.0 Å². The number of alkyl halides is 3. The van der Waals surface area contributed by atoms with Gasteiger partial charge in [0, 0.05) is 25.4 Å². The van der Waals surface area contributed by atoms with Gasteiger partial charge < -0.3 is 15.0 Å². The van der Waals surface area contributed by atoms with E-state index in [1.165, 1.54) is 0 Å². The molecule has 2 saturated heterocycles. The number of likely N-dealkylation sites (tertiary alicyclic amines) is 1. The third-order valence-corrected chi connectivity index (χ3v) is 6.16. The highest BCUT2D eigenvalue weighted by molar-refractivity contribution is 5.77. The second kappa shape index (κ2) is 7.29. The molecule has 0 spiro atoms. The van der Waals surface area contributed by atoms with Crippen LogP contribution >= 0.6 is 0 Å². The summed E-state index contributed by atoms with van der Waals surface area (Å²) in [6.07, 6.45) is -3.19. The number of ether oxygens (including phenoxy) is 1. The number of nitrogens with zero attached hydrogens (tertiary/aromatic N) is 1. The maximum atomic E-state index is 12.6. The largest absolute Gasteiger partial charge is 0.447 e. The van der Waals surface area contributed by atoms with E-state index in [2.05, 4.69) is 5.32 Å². The quantitative estimate of drug-likeness (QED) is 0.828. The number of rotatable bonds is 5. The third kappa shape index (κ3) is 3.95. The van der Waals surface area contributed by atoms with Gasteiger partial charge in [0.25, 0.3) is 0 Å². The van der Waals surface area contributed by atoms with Crippen LogP contribution in [-0.2, 0) is 9.53 Å². The van der Waals surface area contributed by atoms with E-state index >= 15 is 0 Å². The molecule has 4 rings (SSSR count). The Morgan fingerprint density at radius 1 is 1.11 bits per heavy atom. The molecule has 2 heterocycles. The van der Waals surface area contributed by atoms with Crippen molar-refractivity contribution in [3.8, 4) is 0 Å². The molecule has 5 nitrogen and oxygen atoms in total. The topological polar surface area (TPSA) is 58.6 Å². The molecular weight excluding hydrogens is 373 g/mol. The number of hydrogen-bond acceptors (Lipinski definition) is 3. The predicted octanol–water partition coefficient (Wildman–Crippen LogP) is 3.56. The molecule has 0 aromatic heterocycles. The van der Waals surface area contributed by atoms with E-state index in [0.717, 1.165) is 11.1 Å². The van der Waals surface area contributed by atoms with E-state index in [1.54, 1.807) is 4.90 Å². The molecular formula is C20H23F3N2O3. The number of alkyl carbamates (subject to hydrolysis) is 1. The number of cyclic esters (lactones) is 1. The van der Waals surface area contributed by atoms with Crippen molar-refractivity contribution in [3.63, 3.8) is 0 Å². The van der Waals surface area contributed by atoms with Gasteiger partial charge in [0.05, 0.1) is 12.0 Å². The summed E-state index contributed by atoms with van der Waals surface area (Å²) in [6, 6.07) is 7.73. The number of benzene rings is 1. The Labute approximate surface area is 161 Å². The van der Waals surface area contributed by atoms with E-state index in [9.17, 15) is 22.8 Å². The van der Waals surface area contributed by atoms with E-state index in [0.29, 0.717) is 32.5 Å². The van der Waals surface area contributed by atoms with Gasteiger partial charge in [-0.15, -0.1) is 0 Å². The van der Waals surface area contributed by atoms with Gasteiger partial charge in [-0.2, -0.15) is 13.2 Å². The molecule has 1 N–H and O–H groups in total. The Morgan fingerprint density at radius 2 is 1.71 bits per heavy atom. The fraction of sp³-hybridized carbons (Fsp3) is 0.600. The third-order valence-electron chi connectivity index (χ3n) is 6.16. The molecule has 0 unspecified atom stereocenters. The Bertz CT molecular complexity index is 738. The SMILES string of the molecule is O=C1N[C@H](CCC(=O)N2CC(c3ccc(C4CC(C(F)(F)F)C4)cc3)C2)CO1. The van der Waals surface area contributed by atoms with Crippen LogP contribution in [0, 0.1) is 5.92 Å². The van der Waals surface area contributed by atoms with Crippen LogP contribution < -0.4 is 5.32 Å². The van der Waals surface area contributed by atoms with Gasteiger partial charge in [-0.05, 0) is 36.3 Å². The fourth-order valence-corrected chi connectivity index (χ4v) is 4.13. The van der Waals surface area contributed by atoms with Crippen molar-refractivity contribution in [1.82, 2.24) is 10.2 Å². The molecule has 152 valence electrons. The Balaban J connectivity index is 1.20. The van der Waals surface area contributed by atoms with Crippen LogP contribution in [0.15, 0.2) is 24.3 Å². The van der Waals surface area contributed by atoms with Gasteiger partial charge in [0.1, 0.15) is 6.61 Å². The lowest BCUT2D eigenvalue weighted by Crippen LogP contribution is -2.48. The molecule has 0 bridgehead atoms. The lowest BCUT2D eigenvalue weighted by Gasteiger charge is -2.40. The van der Waals surface area contributed by atoms with Crippen molar-refractivity contribution in [2.45, 2.75) is 49.7 Å². The van der Waals surface area contributed by atoms with E-state index in [-0.39, 0.29) is 36.6 Å². The van der Waals surface area contributed by atoms with Gasteiger partial charge >= 0.3 is 12.3 Å². The van der Waals surface area contributed by atoms with Gasteiger partial charge in [-0.1, -0.05) is 24.3 Å². The van der Waals surface area contributed by atoms with Crippen molar-refractivity contribution < 1.29 is 27.5 Å². The zero-order valence-corrected chi connectivity index (χ0v) is 15.4. The van der Waals surface area contributed by atoms with Crippen LogP contribution in [0.2, 0.25) is 0 Å². The first kappa shape index (κ1) is 19.1. The molecule has 1 aromatic carbocycles. The standard InChI is InChI=1S/C20H23F3N2O3/c21-20(22,23)16-7-14(8-16)12-1-3-13(4-2-12)15-9-25(10-15)18(26)6-5-17-11-28-19(27)24-17/h1-4,14-17H,5-11H2,(H,24,27)/t14?,16?,17-/m1/s1. The highest BCUT2D eigenvalue weighted by atomic mass is 19.4. The van der Waals surface area contributed by atoms with Crippen LogP contribution in [0.3, 0.4) is 0 Å². The number of hydrogen-bond donors (Lipinski definition) is 1. The molecule has 2 aliphatic heterocycles.